The smallest absolute Gasteiger partial charge is 0.128 e. The molecule has 3 nitrogen and oxygen atoms in total. The first-order chi connectivity index (χ1) is 7.40. The highest BCUT2D eigenvalue weighted by Gasteiger charge is 2.12. The van der Waals surface area contributed by atoms with Crippen molar-refractivity contribution in [3.8, 4) is 0 Å². The van der Waals surface area contributed by atoms with Crippen LogP contribution in [0.3, 0.4) is 0 Å². The number of aromatic nitrogens is 1. The van der Waals surface area contributed by atoms with E-state index in [4.69, 9.17) is 5.73 Å². The van der Waals surface area contributed by atoms with E-state index in [1.807, 2.05) is 6.20 Å². The van der Waals surface area contributed by atoms with Crippen LogP contribution in [-0.2, 0) is 6.42 Å². The van der Waals surface area contributed by atoms with E-state index in [0.717, 1.165) is 38.3 Å². The largest absolute Gasteiger partial charge is 0.357 e. The van der Waals surface area contributed by atoms with Gasteiger partial charge in [-0.3, -0.25) is 0 Å². The summed E-state index contributed by atoms with van der Waals surface area (Å²) in [4.78, 5) is 6.85. The van der Waals surface area contributed by atoms with Crippen LogP contribution in [0.5, 0.6) is 0 Å². The molecule has 2 N–H and O–H groups in total. The molecular weight excluding hydrogens is 186 g/mol. The molecule has 1 fully saturated rings. The molecular formula is C12H19N3. The van der Waals surface area contributed by atoms with Gasteiger partial charge in [0.2, 0.25) is 0 Å². The highest BCUT2D eigenvalue weighted by atomic mass is 15.2. The van der Waals surface area contributed by atoms with E-state index in [1.165, 1.54) is 18.4 Å². The first kappa shape index (κ1) is 10.4. The Morgan fingerprint density at radius 2 is 2.07 bits per heavy atom. The Morgan fingerprint density at radius 1 is 1.27 bits per heavy atom. The molecule has 1 aliphatic rings. The first-order valence-corrected chi connectivity index (χ1v) is 5.80. The van der Waals surface area contributed by atoms with Crippen LogP contribution in [0.4, 0.5) is 5.82 Å². The van der Waals surface area contributed by atoms with Crippen LogP contribution < -0.4 is 10.6 Å². The molecule has 1 aliphatic heterocycles. The maximum Gasteiger partial charge on any atom is 0.128 e. The minimum Gasteiger partial charge on any atom is -0.357 e. The zero-order chi connectivity index (χ0) is 10.5. The molecule has 0 radical (unpaired) electrons. The highest BCUT2D eigenvalue weighted by Crippen LogP contribution is 2.17. The van der Waals surface area contributed by atoms with Crippen LogP contribution in [0.25, 0.3) is 0 Å². The number of hydrogen-bond acceptors (Lipinski definition) is 3. The summed E-state index contributed by atoms with van der Waals surface area (Å²) in [7, 11) is 0. The molecule has 0 aromatic carbocycles. The van der Waals surface area contributed by atoms with Gasteiger partial charge in [-0.15, -0.1) is 0 Å². The SMILES string of the molecule is NCCCc1ccc(N2CCCC2)nc1. The van der Waals surface area contributed by atoms with Crippen LogP contribution in [0.2, 0.25) is 0 Å². The van der Waals surface area contributed by atoms with Gasteiger partial charge in [0.05, 0.1) is 0 Å². The summed E-state index contributed by atoms with van der Waals surface area (Å²) < 4.78 is 0. The monoisotopic (exact) mass is 205 g/mol. The van der Waals surface area contributed by atoms with Gasteiger partial charge in [0.25, 0.3) is 0 Å². The van der Waals surface area contributed by atoms with Gasteiger partial charge in [-0.1, -0.05) is 6.07 Å². The fourth-order valence-corrected chi connectivity index (χ4v) is 2.00. The van der Waals surface area contributed by atoms with Gasteiger partial charge in [-0.05, 0) is 43.9 Å². The second-order valence-corrected chi connectivity index (χ2v) is 4.11. The second-order valence-electron chi connectivity index (χ2n) is 4.11. The second kappa shape index (κ2) is 5.12. The lowest BCUT2D eigenvalue weighted by molar-refractivity contribution is 0.826. The molecule has 1 aromatic heterocycles. The summed E-state index contributed by atoms with van der Waals surface area (Å²) in [6.45, 7) is 3.08. The molecule has 0 atom stereocenters. The van der Waals surface area contributed by atoms with Crippen LogP contribution in [0, 0.1) is 0 Å². The van der Waals surface area contributed by atoms with Crippen molar-refractivity contribution in [1.29, 1.82) is 0 Å². The molecule has 0 amide bonds. The van der Waals surface area contributed by atoms with E-state index in [-0.39, 0.29) is 0 Å². The third-order valence-electron chi connectivity index (χ3n) is 2.91. The Hall–Kier alpha value is -1.09. The summed E-state index contributed by atoms with van der Waals surface area (Å²) >= 11 is 0. The van der Waals surface area contributed by atoms with Crippen molar-refractivity contribution in [1.82, 2.24) is 4.98 Å². The number of nitrogens with zero attached hydrogens (tertiary/aromatic N) is 2. The molecule has 3 heteroatoms. The number of anilines is 1. The lowest BCUT2D eigenvalue weighted by atomic mass is 10.1. The maximum atomic E-state index is 5.48. The van der Waals surface area contributed by atoms with Gasteiger partial charge in [0.1, 0.15) is 5.82 Å². The minimum atomic E-state index is 0.758. The van der Waals surface area contributed by atoms with Gasteiger partial charge in [0.15, 0.2) is 0 Å². The van der Waals surface area contributed by atoms with E-state index >= 15 is 0 Å². The van der Waals surface area contributed by atoms with Crippen molar-refractivity contribution in [2.45, 2.75) is 25.7 Å². The standard InChI is InChI=1S/C12H19N3/c13-7-3-4-11-5-6-12(14-10-11)15-8-1-2-9-15/h5-6,10H,1-4,7-9,13H2. The molecule has 0 bridgehead atoms. The molecule has 0 spiro atoms. The Labute approximate surface area is 91.3 Å². The maximum absolute atomic E-state index is 5.48. The molecule has 2 heterocycles. The molecule has 82 valence electrons. The quantitative estimate of drug-likeness (QED) is 0.811. The molecule has 15 heavy (non-hydrogen) atoms. The minimum absolute atomic E-state index is 0.758. The Kier molecular flexibility index (Phi) is 3.56. The third-order valence-corrected chi connectivity index (χ3v) is 2.91. The lowest BCUT2D eigenvalue weighted by Crippen LogP contribution is -2.18. The van der Waals surface area contributed by atoms with Gasteiger partial charge >= 0.3 is 0 Å². The zero-order valence-electron chi connectivity index (χ0n) is 9.15. The van der Waals surface area contributed by atoms with Crippen molar-refractivity contribution in [3.05, 3.63) is 23.9 Å². The number of aryl methyl sites for hydroxylation is 1. The van der Waals surface area contributed by atoms with Gasteiger partial charge < -0.3 is 10.6 Å². The summed E-state index contributed by atoms with van der Waals surface area (Å²) in [5.74, 6) is 1.13. The van der Waals surface area contributed by atoms with Gasteiger partial charge in [-0.2, -0.15) is 0 Å². The predicted octanol–water partition coefficient (Wildman–Crippen LogP) is 1.57. The van der Waals surface area contributed by atoms with Crippen molar-refractivity contribution >= 4 is 5.82 Å². The molecule has 0 unspecified atom stereocenters. The molecule has 0 saturated carbocycles. The van der Waals surface area contributed by atoms with Crippen LogP contribution >= 0.6 is 0 Å². The zero-order valence-corrected chi connectivity index (χ0v) is 9.15. The van der Waals surface area contributed by atoms with Crippen LogP contribution in [-0.4, -0.2) is 24.6 Å². The number of pyridine rings is 1. The Bertz CT molecular complexity index is 288. The molecule has 2 rings (SSSR count). The van der Waals surface area contributed by atoms with Crippen molar-refractivity contribution < 1.29 is 0 Å². The van der Waals surface area contributed by atoms with Gasteiger partial charge in [-0.25, -0.2) is 4.98 Å². The van der Waals surface area contributed by atoms with Crippen LogP contribution in [0.15, 0.2) is 18.3 Å². The summed E-state index contributed by atoms with van der Waals surface area (Å²) in [5, 5.41) is 0. The third kappa shape index (κ3) is 2.69. The average molecular weight is 205 g/mol. The van der Waals surface area contributed by atoms with Gasteiger partial charge in [0, 0.05) is 19.3 Å². The normalized spacial score (nSPS) is 15.9. The van der Waals surface area contributed by atoms with E-state index in [0.29, 0.717) is 0 Å². The molecule has 1 saturated heterocycles. The fraction of sp³-hybridized carbons (Fsp3) is 0.583. The number of hydrogen-bond donors (Lipinski definition) is 1. The van der Waals surface area contributed by atoms with Crippen molar-refractivity contribution in [2.75, 3.05) is 24.5 Å². The number of rotatable bonds is 4. The topological polar surface area (TPSA) is 42.1 Å². The molecule has 1 aromatic rings. The summed E-state index contributed by atoms with van der Waals surface area (Å²) in [5.41, 5.74) is 6.77. The summed E-state index contributed by atoms with van der Waals surface area (Å²) in [6, 6.07) is 4.31. The Balaban J connectivity index is 1.96. The predicted molar refractivity (Wildman–Crippen MR) is 63.1 cm³/mol. The van der Waals surface area contributed by atoms with E-state index < -0.39 is 0 Å². The first-order valence-electron chi connectivity index (χ1n) is 5.80. The van der Waals surface area contributed by atoms with E-state index in [2.05, 4.69) is 22.0 Å². The molecule has 0 aliphatic carbocycles. The van der Waals surface area contributed by atoms with Crippen molar-refractivity contribution in [3.63, 3.8) is 0 Å². The lowest BCUT2D eigenvalue weighted by Gasteiger charge is -2.16. The van der Waals surface area contributed by atoms with Crippen molar-refractivity contribution in [2.24, 2.45) is 5.73 Å². The van der Waals surface area contributed by atoms with E-state index in [9.17, 15) is 0 Å². The van der Waals surface area contributed by atoms with Crippen LogP contribution in [0.1, 0.15) is 24.8 Å². The summed E-state index contributed by atoms with van der Waals surface area (Å²) in [6.07, 6.45) is 6.69. The number of nitrogens with two attached hydrogens (primary N) is 1. The Morgan fingerprint density at radius 3 is 2.67 bits per heavy atom. The highest BCUT2D eigenvalue weighted by molar-refractivity contribution is 5.40. The van der Waals surface area contributed by atoms with E-state index in [1.54, 1.807) is 0 Å². The fourth-order valence-electron chi connectivity index (χ4n) is 2.00. The average Bonchev–Trinajstić information content (AvgIpc) is 2.80.